The van der Waals surface area contributed by atoms with Crippen molar-refractivity contribution in [2.24, 2.45) is 5.92 Å². The molecule has 126 valence electrons. The second kappa shape index (κ2) is 8.13. The number of carbonyl (C=O) groups excluding carboxylic acids is 1. The van der Waals surface area contributed by atoms with Crippen LogP contribution in [-0.2, 0) is 4.79 Å². The average Bonchev–Trinajstić information content (AvgIpc) is 2.64. The van der Waals surface area contributed by atoms with Crippen molar-refractivity contribution in [2.75, 3.05) is 45.1 Å². The molecule has 1 N–H and O–H groups in total. The van der Waals surface area contributed by atoms with Gasteiger partial charge in [-0.1, -0.05) is 30.3 Å². The van der Waals surface area contributed by atoms with Gasteiger partial charge in [-0.05, 0) is 37.4 Å². The van der Waals surface area contributed by atoms with Crippen molar-refractivity contribution in [3.8, 4) is 0 Å². The van der Waals surface area contributed by atoms with Crippen molar-refractivity contribution in [2.45, 2.75) is 18.9 Å². The Bertz CT molecular complexity index is 496. The molecule has 0 bridgehead atoms. The van der Waals surface area contributed by atoms with Crippen LogP contribution in [0.25, 0.3) is 0 Å². The highest BCUT2D eigenvalue weighted by Crippen LogP contribution is 2.34. The van der Waals surface area contributed by atoms with E-state index >= 15 is 0 Å². The minimum atomic E-state index is 0.0597. The molecule has 5 heteroatoms. The number of piperazine rings is 1. The Morgan fingerprint density at radius 1 is 1.13 bits per heavy atom. The normalized spacial score (nSPS) is 22.0. The molecular formula is C18H26ClN3O. The Morgan fingerprint density at radius 3 is 2.39 bits per heavy atom. The van der Waals surface area contributed by atoms with E-state index in [1.54, 1.807) is 0 Å². The molecular weight excluding hydrogens is 310 g/mol. The standard InChI is InChI=1S/C18H26ClN3O/c19-14-17(23)21-10-12-22(13-11-21)18(15-4-2-1-3-5-15)16-6-8-20-9-7-16/h1-5,16,18,20H,6-14H2. The van der Waals surface area contributed by atoms with Crippen molar-refractivity contribution in [3.63, 3.8) is 0 Å². The van der Waals surface area contributed by atoms with Gasteiger partial charge in [0.2, 0.25) is 5.91 Å². The van der Waals surface area contributed by atoms with Crippen LogP contribution in [0.3, 0.4) is 0 Å². The Labute approximate surface area is 143 Å². The van der Waals surface area contributed by atoms with Crippen molar-refractivity contribution in [1.82, 2.24) is 15.1 Å². The lowest BCUT2D eigenvalue weighted by atomic mass is 9.84. The van der Waals surface area contributed by atoms with Crippen LogP contribution >= 0.6 is 11.6 Å². The van der Waals surface area contributed by atoms with E-state index in [0.29, 0.717) is 12.0 Å². The van der Waals surface area contributed by atoms with Gasteiger partial charge in [0.15, 0.2) is 0 Å². The maximum absolute atomic E-state index is 11.8. The number of carbonyl (C=O) groups is 1. The molecule has 1 aromatic carbocycles. The van der Waals surface area contributed by atoms with Crippen molar-refractivity contribution < 1.29 is 4.79 Å². The first-order chi connectivity index (χ1) is 11.3. The average molecular weight is 336 g/mol. The summed E-state index contributed by atoms with van der Waals surface area (Å²) in [5, 5.41) is 3.47. The van der Waals surface area contributed by atoms with Gasteiger partial charge in [0, 0.05) is 32.2 Å². The Morgan fingerprint density at radius 2 is 1.78 bits per heavy atom. The van der Waals surface area contributed by atoms with Crippen molar-refractivity contribution >= 4 is 17.5 Å². The molecule has 4 nitrogen and oxygen atoms in total. The van der Waals surface area contributed by atoms with E-state index in [0.717, 1.165) is 39.3 Å². The highest BCUT2D eigenvalue weighted by Gasteiger charge is 2.32. The predicted molar refractivity (Wildman–Crippen MR) is 93.6 cm³/mol. The van der Waals surface area contributed by atoms with Crippen LogP contribution in [0.5, 0.6) is 0 Å². The highest BCUT2D eigenvalue weighted by atomic mass is 35.5. The van der Waals surface area contributed by atoms with Crippen LogP contribution in [0.15, 0.2) is 30.3 Å². The quantitative estimate of drug-likeness (QED) is 0.856. The zero-order valence-electron chi connectivity index (χ0n) is 13.6. The fourth-order valence-corrected chi connectivity index (χ4v) is 4.09. The molecule has 0 spiro atoms. The summed E-state index contributed by atoms with van der Waals surface area (Å²) in [4.78, 5) is 16.3. The van der Waals surface area contributed by atoms with Crippen LogP contribution < -0.4 is 5.32 Å². The van der Waals surface area contributed by atoms with Crippen LogP contribution in [-0.4, -0.2) is 60.9 Å². The number of hydrogen-bond donors (Lipinski definition) is 1. The maximum Gasteiger partial charge on any atom is 0.237 e. The minimum absolute atomic E-state index is 0.0597. The number of halogens is 1. The molecule has 2 heterocycles. The van der Waals surface area contributed by atoms with Gasteiger partial charge in [-0.2, -0.15) is 0 Å². The molecule has 0 aliphatic carbocycles. The van der Waals surface area contributed by atoms with Gasteiger partial charge >= 0.3 is 0 Å². The molecule has 3 rings (SSSR count). The Hall–Kier alpha value is -1.10. The summed E-state index contributed by atoms with van der Waals surface area (Å²) in [6, 6.07) is 11.3. The fourth-order valence-electron chi connectivity index (χ4n) is 3.93. The van der Waals surface area contributed by atoms with E-state index in [-0.39, 0.29) is 11.8 Å². The second-order valence-corrected chi connectivity index (χ2v) is 6.76. The lowest BCUT2D eigenvalue weighted by Gasteiger charge is -2.43. The van der Waals surface area contributed by atoms with Crippen molar-refractivity contribution in [3.05, 3.63) is 35.9 Å². The molecule has 2 aliphatic heterocycles. The molecule has 2 fully saturated rings. The minimum Gasteiger partial charge on any atom is -0.339 e. The highest BCUT2D eigenvalue weighted by molar-refractivity contribution is 6.27. The predicted octanol–water partition coefficient (Wildman–Crippen LogP) is 2.11. The zero-order valence-corrected chi connectivity index (χ0v) is 14.3. The molecule has 0 aromatic heterocycles. The number of amides is 1. The van der Waals surface area contributed by atoms with E-state index in [9.17, 15) is 4.79 Å². The number of rotatable bonds is 4. The number of piperidine rings is 1. The summed E-state index contributed by atoms with van der Waals surface area (Å²) < 4.78 is 0. The molecule has 2 aliphatic rings. The van der Waals surface area contributed by atoms with Crippen molar-refractivity contribution in [1.29, 1.82) is 0 Å². The summed E-state index contributed by atoms with van der Waals surface area (Å²) in [5.74, 6) is 0.842. The smallest absolute Gasteiger partial charge is 0.237 e. The molecule has 23 heavy (non-hydrogen) atoms. The molecule has 1 amide bonds. The first-order valence-corrected chi connectivity index (χ1v) is 9.16. The summed E-state index contributed by atoms with van der Waals surface area (Å²) in [6.07, 6.45) is 2.45. The molecule has 1 unspecified atom stereocenters. The SMILES string of the molecule is O=C(CCl)N1CCN(C(c2ccccc2)C2CCNCC2)CC1. The number of hydrogen-bond acceptors (Lipinski definition) is 3. The van der Waals surface area contributed by atoms with Crippen LogP contribution in [0, 0.1) is 5.92 Å². The largest absolute Gasteiger partial charge is 0.339 e. The molecule has 1 atom stereocenters. The van der Waals surface area contributed by atoms with Gasteiger partial charge in [0.05, 0.1) is 0 Å². The van der Waals surface area contributed by atoms with Gasteiger partial charge in [-0.25, -0.2) is 0 Å². The molecule has 0 radical (unpaired) electrons. The van der Waals surface area contributed by atoms with Gasteiger partial charge in [0.25, 0.3) is 0 Å². The fraction of sp³-hybridized carbons (Fsp3) is 0.611. The second-order valence-electron chi connectivity index (χ2n) is 6.49. The first kappa shape index (κ1) is 16.7. The Kier molecular flexibility index (Phi) is 5.92. The lowest BCUT2D eigenvalue weighted by Crippen LogP contribution is -2.51. The topological polar surface area (TPSA) is 35.6 Å². The maximum atomic E-state index is 11.8. The number of nitrogens with one attached hydrogen (secondary N) is 1. The van der Waals surface area contributed by atoms with Crippen LogP contribution in [0.1, 0.15) is 24.4 Å². The van der Waals surface area contributed by atoms with Crippen LogP contribution in [0.4, 0.5) is 0 Å². The summed E-state index contributed by atoms with van der Waals surface area (Å²) in [6.45, 7) is 5.68. The van der Waals surface area contributed by atoms with Gasteiger partial charge in [-0.3, -0.25) is 9.69 Å². The summed E-state index contributed by atoms with van der Waals surface area (Å²) in [5.41, 5.74) is 1.41. The molecule has 1 aromatic rings. The van der Waals surface area contributed by atoms with E-state index in [1.165, 1.54) is 18.4 Å². The summed E-state index contributed by atoms with van der Waals surface area (Å²) in [7, 11) is 0. The number of alkyl halides is 1. The van der Waals surface area contributed by atoms with E-state index in [1.807, 2.05) is 4.90 Å². The third-order valence-corrected chi connectivity index (χ3v) is 5.37. The Balaban J connectivity index is 1.73. The van der Waals surface area contributed by atoms with Gasteiger partial charge < -0.3 is 10.2 Å². The van der Waals surface area contributed by atoms with Crippen LogP contribution in [0.2, 0.25) is 0 Å². The van der Waals surface area contributed by atoms with Gasteiger partial charge in [0.1, 0.15) is 5.88 Å². The molecule has 2 saturated heterocycles. The van der Waals surface area contributed by atoms with E-state index in [2.05, 4.69) is 40.5 Å². The number of nitrogens with zero attached hydrogens (tertiary/aromatic N) is 2. The molecule has 0 saturated carbocycles. The monoisotopic (exact) mass is 335 g/mol. The summed E-state index contributed by atoms with van der Waals surface area (Å²) >= 11 is 5.69. The lowest BCUT2D eigenvalue weighted by molar-refractivity contribution is -0.130. The number of benzene rings is 1. The third kappa shape index (κ3) is 4.06. The van der Waals surface area contributed by atoms with E-state index < -0.39 is 0 Å². The zero-order chi connectivity index (χ0) is 16.1. The van der Waals surface area contributed by atoms with E-state index in [4.69, 9.17) is 11.6 Å². The van der Waals surface area contributed by atoms with Gasteiger partial charge in [-0.15, -0.1) is 11.6 Å². The third-order valence-electron chi connectivity index (χ3n) is 5.15. The first-order valence-electron chi connectivity index (χ1n) is 8.63.